The maximum absolute atomic E-state index is 13.3. The number of hydrogen-bond donors (Lipinski definition) is 1. The number of pyridine rings is 1. The van der Waals surface area contributed by atoms with Gasteiger partial charge in [-0.05, 0) is 24.1 Å². The molecule has 6 heteroatoms. The molecule has 1 saturated heterocycles. The Morgan fingerprint density at radius 2 is 2.00 bits per heavy atom. The van der Waals surface area contributed by atoms with Gasteiger partial charge in [-0.2, -0.15) is 0 Å². The first-order chi connectivity index (χ1) is 13.2. The van der Waals surface area contributed by atoms with Crippen LogP contribution in [0.4, 0.5) is 0 Å². The number of rotatable bonds is 7. The van der Waals surface area contributed by atoms with Gasteiger partial charge in [0.05, 0.1) is 18.3 Å². The first kappa shape index (κ1) is 19.0. The maximum atomic E-state index is 13.3. The number of amides is 2. The minimum atomic E-state index is -0.745. The number of morpholine rings is 1. The predicted molar refractivity (Wildman–Crippen MR) is 102 cm³/mol. The molecule has 1 N–H and O–H groups in total. The van der Waals surface area contributed by atoms with Gasteiger partial charge >= 0.3 is 0 Å². The average Bonchev–Trinajstić information content (AvgIpc) is 2.72. The van der Waals surface area contributed by atoms with Crippen LogP contribution in [0.1, 0.15) is 37.1 Å². The van der Waals surface area contributed by atoms with Gasteiger partial charge in [-0.25, -0.2) is 0 Å². The highest BCUT2D eigenvalue weighted by Gasteiger charge is 2.38. The summed E-state index contributed by atoms with van der Waals surface area (Å²) in [6.07, 6.45) is 2.86. The van der Waals surface area contributed by atoms with Gasteiger partial charge < -0.3 is 15.0 Å². The van der Waals surface area contributed by atoms with Crippen LogP contribution < -0.4 is 5.32 Å². The Morgan fingerprint density at radius 1 is 1.22 bits per heavy atom. The number of carbonyl (C=O) groups excluding carboxylic acids is 2. The van der Waals surface area contributed by atoms with Crippen molar-refractivity contribution in [3.63, 3.8) is 0 Å². The molecule has 1 aliphatic rings. The first-order valence-electron chi connectivity index (χ1n) is 9.33. The molecule has 2 amide bonds. The highest BCUT2D eigenvalue weighted by molar-refractivity contribution is 5.86. The Hall–Kier alpha value is -2.73. The summed E-state index contributed by atoms with van der Waals surface area (Å²) < 4.78 is 5.69. The maximum Gasteiger partial charge on any atom is 0.254 e. The van der Waals surface area contributed by atoms with Crippen molar-refractivity contribution in [1.29, 1.82) is 0 Å². The molecule has 142 valence electrons. The number of unbranched alkanes of at least 4 members (excludes halogenated alkanes) is 1. The molecule has 0 radical (unpaired) electrons. The predicted octanol–water partition coefficient (Wildman–Crippen LogP) is 2.47. The monoisotopic (exact) mass is 367 g/mol. The zero-order valence-corrected chi connectivity index (χ0v) is 15.5. The van der Waals surface area contributed by atoms with Gasteiger partial charge in [0.25, 0.3) is 5.91 Å². The molecule has 0 spiro atoms. The summed E-state index contributed by atoms with van der Waals surface area (Å²) in [7, 11) is 0. The fraction of sp³-hybridized carbons (Fsp3) is 0.381. The number of carbonyl (C=O) groups is 2. The van der Waals surface area contributed by atoms with Gasteiger partial charge in [0.15, 0.2) is 6.10 Å². The third-order valence-corrected chi connectivity index (χ3v) is 4.59. The van der Waals surface area contributed by atoms with Crippen LogP contribution in [0.2, 0.25) is 0 Å². The largest absolute Gasteiger partial charge is 0.356 e. The first-order valence-corrected chi connectivity index (χ1v) is 9.33. The van der Waals surface area contributed by atoms with E-state index in [9.17, 15) is 9.59 Å². The molecule has 0 saturated carbocycles. The Kier molecular flexibility index (Phi) is 6.54. The number of ether oxygens (including phenoxy) is 1. The Balaban J connectivity index is 1.82. The second-order valence-electron chi connectivity index (χ2n) is 6.62. The molecule has 1 aromatic carbocycles. The zero-order chi connectivity index (χ0) is 19.1. The lowest BCUT2D eigenvalue weighted by Crippen LogP contribution is -2.53. The molecule has 2 atom stereocenters. The van der Waals surface area contributed by atoms with Gasteiger partial charge in [0.2, 0.25) is 5.91 Å². The Bertz CT molecular complexity index is 752. The normalized spacial score (nSPS) is 19.4. The van der Waals surface area contributed by atoms with Crippen molar-refractivity contribution in [3.05, 3.63) is 66.0 Å². The van der Waals surface area contributed by atoms with Crippen LogP contribution in [0.25, 0.3) is 0 Å². The van der Waals surface area contributed by atoms with Crippen molar-refractivity contribution < 1.29 is 14.3 Å². The molecule has 6 nitrogen and oxygen atoms in total. The van der Waals surface area contributed by atoms with Gasteiger partial charge in [-0.3, -0.25) is 14.6 Å². The van der Waals surface area contributed by atoms with Gasteiger partial charge in [-0.1, -0.05) is 49.7 Å². The molecular weight excluding hydrogens is 342 g/mol. The van der Waals surface area contributed by atoms with Crippen LogP contribution in [-0.4, -0.2) is 41.0 Å². The minimum absolute atomic E-state index is 0.106. The lowest BCUT2D eigenvalue weighted by atomic mass is 9.98. The van der Waals surface area contributed by atoms with Crippen LogP contribution in [0.15, 0.2) is 54.7 Å². The number of nitrogens with one attached hydrogen (secondary N) is 1. The molecule has 3 rings (SSSR count). The van der Waals surface area contributed by atoms with E-state index in [1.54, 1.807) is 11.1 Å². The van der Waals surface area contributed by atoms with E-state index in [1.807, 2.05) is 48.5 Å². The highest BCUT2D eigenvalue weighted by atomic mass is 16.5. The molecule has 0 aliphatic carbocycles. The van der Waals surface area contributed by atoms with E-state index in [0.717, 1.165) is 24.1 Å². The van der Waals surface area contributed by atoms with Crippen molar-refractivity contribution in [1.82, 2.24) is 15.2 Å². The average molecular weight is 367 g/mol. The fourth-order valence-electron chi connectivity index (χ4n) is 3.17. The van der Waals surface area contributed by atoms with E-state index >= 15 is 0 Å². The van der Waals surface area contributed by atoms with E-state index < -0.39 is 12.1 Å². The highest BCUT2D eigenvalue weighted by Crippen LogP contribution is 2.24. The summed E-state index contributed by atoms with van der Waals surface area (Å²) >= 11 is 0. The minimum Gasteiger partial charge on any atom is -0.356 e. The molecule has 1 aromatic heterocycles. The summed E-state index contributed by atoms with van der Waals surface area (Å²) in [6, 6.07) is 14.7. The number of hydrogen-bond acceptors (Lipinski definition) is 4. The van der Waals surface area contributed by atoms with Crippen LogP contribution in [-0.2, 0) is 20.9 Å². The van der Waals surface area contributed by atoms with Crippen molar-refractivity contribution in [2.45, 2.75) is 38.5 Å². The fourth-order valence-corrected chi connectivity index (χ4v) is 3.17. The summed E-state index contributed by atoms with van der Waals surface area (Å²) in [5.41, 5.74) is 1.69. The van der Waals surface area contributed by atoms with Gasteiger partial charge in [0.1, 0.15) is 6.61 Å². The second-order valence-corrected chi connectivity index (χ2v) is 6.62. The number of benzene rings is 1. The van der Waals surface area contributed by atoms with Crippen LogP contribution in [0, 0.1) is 0 Å². The van der Waals surface area contributed by atoms with Crippen molar-refractivity contribution >= 4 is 11.8 Å². The number of aromatic nitrogens is 1. The van der Waals surface area contributed by atoms with Gasteiger partial charge in [0, 0.05) is 12.7 Å². The molecule has 2 heterocycles. The second kappa shape index (κ2) is 9.28. The van der Waals surface area contributed by atoms with E-state index in [0.29, 0.717) is 13.1 Å². The third-order valence-electron chi connectivity index (χ3n) is 4.59. The molecule has 1 aliphatic heterocycles. The molecule has 0 unspecified atom stereocenters. The molecule has 27 heavy (non-hydrogen) atoms. The molecule has 1 fully saturated rings. The SMILES string of the molecule is CCCCN(Cc1ccccn1)C(=O)[C@H]1OCC(=O)N[C@@H]1c1ccccc1. The van der Waals surface area contributed by atoms with Crippen molar-refractivity contribution in [2.24, 2.45) is 0 Å². The van der Waals surface area contributed by atoms with Crippen LogP contribution >= 0.6 is 0 Å². The zero-order valence-electron chi connectivity index (χ0n) is 15.5. The number of nitrogens with zero attached hydrogens (tertiary/aromatic N) is 2. The molecule has 2 aromatic rings. The Labute approximate surface area is 159 Å². The van der Waals surface area contributed by atoms with E-state index in [-0.39, 0.29) is 18.4 Å². The van der Waals surface area contributed by atoms with Crippen LogP contribution in [0.3, 0.4) is 0 Å². The summed E-state index contributed by atoms with van der Waals surface area (Å²) in [6.45, 7) is 3.04. The topological polar surface area (TPSA) is 71.5 Å². The van der Waals surface area contributed by atoms with E-state index in [1.165, 1.54) is 0 Å². The summed E-state index contributed by atoms with van der Waals surface area (Å²) in [4.78, 5) is 31.3. The summed E-state index contributed by atoms with van der Waals surface area (Å²) in [5, 5.41) is 2.91. The van der Waals surface area contributed by atoms with Crippen molar-refractivity contribution in [3.8, 4) is 0 Å². The van der Waals surface area contributed by atoms with E-state index in [4.69, 9.17) is 4.74 Å². The molecular formula is C21H25N3O3. The summed E-state index contributed by atoms with van der Waals surface area (Å²) in [5.74, 6) is -0.333. The van der Waals surface area contributed by atoms with Crippen LogP contribution in [0.5, 0.6) is 0 Å². The standard InChI is InChI=1S/C21H25N3O3/c1-2-3-13-24(14-17-11-7-8-12-22-17)21(26)20-19(23-18(25)15-27-20)16-9-5-4-6-10-16/h4-12,19-20H,2-3,13-15H2,1H3,(H,23,25)/t19-,20+/m1/s1. The van der Waals surface area contributed by atoms with Gasteiger partial charge in [-0.15, -0.1) is 0 Å². The van der Waals surface area contributed by atoms with Crippen molar-refractivity contribution in [2.75, 3.05) is 13.2 Å². The third kappa shape index (κ3) is 4.92. The molecule has 0 bridgehead atoms. The van der Waals surface area contributed by atoms with E-state index in [2.05, 4.69) is 17.2 Å². The lowest BCUT2D eigenvalue weighted by molar-refractivity contribution is -0.155. The quantitative estimate of drug-likeness (QED) is 0.816. The Morgan fingerprint density at radius 3 is 2.70 bits per heavy atom. The smallest absolute Gasteiger partial charge is 0.254 e. The lowest BCUT2D eigenvalue weighted by Gasteiger charge is -2.35.